The number of carbonyl (C=O) groups is 1. The van der Waals surface area contributed by atoms with Crippen LogP contribution in [0.4, 0.5) is 16.2 Å². The van der Waals surface area contributed by atoms with Gasteiger partial charge in [0.05, 0.1) is 21.4 Å². The zero-order valence-corrected chi connectivity index (χ0v) is 15.6. The van der Waals surface area contributed by atoms with Crippen LogP contribution in [0.25, 0.3) is 0 Å². The van der Waals surface area contributed by atoms with Crippen molar-refractivity contribution in [1.29, 1.82) is 0 Å². The maximum Gasteiger partial charge on any atom is 0.323 e. The number of aromatic hydroxyl groups is 1. The molecule has 0 unspecified atom stereocenters. The number of anilines is 2. The Bertz CT molecular complexity index is 917. The molecule has 0 heterocycles. The zero-order valence-electron chi connectivity index (χ0n) is 13.2. The monoisotopic (exact) mass is 403 g/mol. The van der Waals surface area contributed by atoms with E-state index in [1.807, 2.05) is 0 Å². The molecule has 0 radical (unpaired) electrons. The molecule has 2 aromatic carbocycles. The molecular weight excluding hydrogens is 389 g/mol. The number of amides is 2. The van der Waals surface area contributed by atoms with E-state index in [9.17, 15) is 18.3 Å². The third-order valence-electron chi connectivity index (χ3n) is 3.19. The first-order valence-electron chi connectivity index (χ1n) is 6.91. The maximum atomic E-state index is 12.3. The van der Waals surface area contributed by atoms with Crippen molar-refractivity contribution in [3.63, 3.8) is 0 Å². The number of hydrogen-bond donors (Lipinski definition) is 3. The second-order valence-corrected chi connectivity index (χ2v) is 8.02. The van der Waals surface area contributed by atoms with Gasteiger partial charge < -0.3 is 15.7 Å². The first-order valence-corrected chi connectivity index (χ1v) is 9.10. The van der Waals surface area contributed by atoms with E-state index in [4.69, 9.17) is 23.2 Å². The Kier molecular flexibility index (Phi) is 5.79. The number of carbonyl (C=O) groups excluding carboxylic acids is 1. The third-order valence-corrected chi connectivity index (χ3v) is 5.84. The Balaban J connectivity index is 2.32. The van der Waals surface area contributed by atoms with Gasteiger partial charge in [-0.15, -0.1) is 0 Å². The van der Waals surface area contributed by atoms with Crippen molar-refractivity contribution in [1.82, 2.24) is 4.31 Å². The van der Waals surface area contributed by atoms with Crippen LogP contribution in [0.3, 0.4) is 0 Å². The highest BCUT2D eigenvalue weighted by Crippen LogP contribution is 2.38. The molecule has 0 aliphatic rings. The highest BCUT2D eigenvalue weighted by molar-refractivity contribution is 7.89. The van der Waals surface area contributed by atoms with Gasteiger partial charge >= 0.3 is 6.03 Å². The standard InChI is InChI=1S/C15H15Cl2N3O4S/c1-20(2)25(23,24)14-10(17)7-8-12(13(14)21)19-15(22)18-11-6-4-3-5-9(11)16/h3-8,21H,1-2H3,(H2,18,19,22). The summed E-state index contributed by atoms with van der Waals surface area (Å²) in [5.74, 6) is -0.657. The first kappa shape index (κ1) is 19.3. The Morgan fingerprint density at radius 3 is 2.20 bits per heavy atom. The second-order valence-electron chi connectivity index (χ2n) is 5.12. The van der Waals surface area contributed by atoms with Crippen LogP contribution in [0, 0.1) is 0 Å². The van der Waals surface area contributed by atoms with Crippen molar-refractivity contribution in [2.45, 2.75) is 4.90 Å². The van der Waals surface area contributed by atoms with Gasteiger partial charge in [-0.1, -0.05) is 35.3 Å². The summed E-state index contributed by atoms with van der Waals surface area (Å²) in [5, 5.41) is 15.3. The Hall–Kier alpha value is -2.00. The fourth-order valence-electron chi connectivity index (χ4n) is 1.91. The van der Waals surface area contributed by atoms with Crippen LogP contribution in [0.1, 0.15) is 0 Å². The molecule has 3 N–H and O–H groups in total. The van der Waals surface area contributed by atoms with Crippen LogP contribution in [-0.4, -0.2) is 38.0 Å². The highest BCUT2D eigenvalue weighted by Gasteiger charge is 2.27. The molecule has 2 rings (SSSR count). The van der Waals surface area contributed by atoms with E-state index < -0.39 is 26.7 Å². The Morgan fingerprint density at radius 2 is 1.60 bits per heavy atom. The smallest absolute Gasteiger partial charge is 0.323 e. The van der Waals surface area contributed by atoms with Gasteiger partial charge in [0.1, 0.15) is 4.90 Å². The molecule has 25 heavy (non-hydrogen) atoms. The van der Waals surface area contributed by atoms with Gasteiger partial charge in [0.2, 0.25) is 10.0 Å². The van der Waals surface area contributed by atoms with E-state index in [1.165, 1.54) is 26.2 Å². The van der Waals surface area contributed by atoms with E-state index >= 15 is 0 Å². The number of sulfonamides is 1. The molecule has 134 valence electrons. The van der Waals surface area contributed by atoms with Gasteiger partial charge in [0, 0.05) is 14.1 Å². The number of phenols is 1. The summed E-state index contributed by atoms with van der Waals surface area (Å²) in [4.78, 5) is 11.6. The van der Waals surface area contributed by atoms with Crippen molar-refractivity contribution >= 4 is 50.6 Å². The second kappa shape index (κ2) is 7.49. The largest absolute Gasteiger partial charge is 0.504 e. The lowest BCUT2D eigenvalue weighted by Crippen LogP contribution is -2.24. The van der Waals surface area contributed by atoms with Gasteiger partial charge in [-0.2, -0.15) is 0 Å². The van der Waals surface area contributed by atoms with E-state index in [1.54, 1.807) is 24.3 Å². The van der Waals surface area contributed by atoms with Crippen molar-refractivity contribution in [2.24, 2.45) is 0 Å². The van der Waals surface area contributed by atoms with Crippen LogP contribution in [-0.2, 0) is 10.0 Å². The minimum Gasteiger partial charge on any atom is -0.504 e. The molecule has 0 bridgehead atoms. The average Bonchev–Trinajstić information content (AvgIpc) is 2.52. The predicted molar refractivity (Wildman–Crippen MR) is 98.1 cm³/mol. The summed E-state index contributed by atoms with van der Waals surface area (Å²) in [6, 6.07) is 8.42. The number of nitrogens with one attached hydrogen (secondary N) is 2. The quantitative estimate of drug-likeness (QED) is 0.679. The molecule has 2 aromatic rings. The molecule has 0 aromatic heterocycles. The van der Waals surface area contributed by atoms with Gasteiger partial charge in [-0.3, -0.25) is 0 Å². The average molecular weight is 404 g/mol. The molecule has 0 aliphatic heterocycles. The van der Waals surface area contributed by atoms with Gasteiger partial charge in [0.25, 0.3) is 0 Å². The lowest BCUT2D eigenvalue weighted by molar-refractivity contribution is 0.262. The van der Waals surface area contributed by atoms with Crippen LogP contribution < -0.4 is 10.6 Å². The molecule has 7 nitrogen and oxygen atoms in total. The van der Waals surface area contributed by atoms with Gasteiger partial charge in [-0.05, 0) is 24.3 Å². The number of hydrogen-bond acceptors (Lipinski definition) is 4. The maximum absolute atomic E-state index is 12.3. The third kappa shape index (κ3) is 4.16. The molecule has 0 fully saturated rings. The first-order chi connectivity index (χ1) is 11.6. The molecule has 0 aliphatic carbocycles. The van der Waals surface area contributed by atoms with Crippen LogP contribution in [0.5, 0.6) is 5.75 Å². The molecule has 0 saturated heterocycles. The molecule has 2 amide bonds. The molecular formula is C15H15Cl2N3O4S. The minimum atomic E-state index is -4.00. The summed E-state index contributed by atoms with van der Waals surface area (Å²) < 4.78 is 25.5. The van der Waals surface area contributed by atoms with E-state index in [0.717, 1.165) is 4.31 Å². The fraction of sp³-hybridized carbons (Fsp3) is 0.133. The van der Waals surface area contributed by atoms with Crippen molar-refractivity contribution < 1.29 is 18.3 Å². The van der Waals surface area contributed by atoms with Crippen molar-refractivity contribution in [3.05, 3.63) is 46.4 Å². The number of halogens is 2. The number of nitrogens with zero attached hydrogens (tertiary/aromatic N) is 1. The normalized spacial score (nSPS) is 11.4. The van der Waals surface area contributed by atoms with Gasteiger partial charge in [0.15, 0.2) is 5.75 Å². The minimum absolute atomic E-state index is 0.116. The van der Waals surface area contributed by atoms with E-state index in [0.29, 0.717) is 10.7 Å². The highest BCUT2D eigenvalue weighted by atomic mass is 35.5. The lowest BCUT2D eigenvalue weighted by Gasteiger charge is -2.16. The van der Waals surface area contributed by atoms with Gasteiger partial charge in [-0.25, -0.2) is 17.5 Å². The number of phenolic OH excluding ortho intramolecular Hbond substituents is 1. The molecule has 10 heteroatoms. The van der Waals surface area contributed by atoms with Crippen LogP contribution >= 0.6 is 23.2 Å². The summed E-state index contributed by atoms with van der Waals surface area (Å²) in [5.41, 5.74) is 0.241. The Labute approximate surface area is 155 Å². The SMILES string of the molecule is CN(C)S(=O)(=O)c1c(Cl)ccc(NC(=O)Nc2ccccc2Cl)c1O. The summed E-state index contributed by atoms with van der Waals surface area (Å²) in [6.07, 6.45) is 0. The van der Waals surface area contributed by atoms with Crippen molar-refractivity contribution in [2.75, 3.05) is 24.7 Å². The topological polar surface area (TPSA) is 98.7 Å². The summed E-state index contributed by atoms with van der Waals surface area (Å²) in [7, 11) is -1.40. The Morgan fingerprint density at radius 1 is 1.00 bits per heavy atom. The van der Waals surface area contributed by atoms with Crippen molar-refractivity contribution in [3.8, 4) is 5.75 Å². The summed E-state index contributed by atoms with van der Waals surface area (Å²) in [6.45, 7) is 0. The number of urea groups is 1. The fourth-order valence-corrected chi connectivity index (χ4v) is 3.58. The summed E-state index contributed by atoms with van der Waals surface area (Å²) >= 11 is 11.9. The number of benzene rings is 2. The predicted octanol–water partition coefficient (Wildman–Crippen LogP) is 3.59. The number of para-hydroxylation sites is 1. The number of rotatable bonds is 4. The molecule has 0 atom stereocenters. The van der Waals surface area contributed by atoms with Crippen LogP contribution in [0.2, 0.25) is 10.0 Å². The van der Waals surface area contributed by atoms with E-state index in [2.05, 4.69) is 10.6 Å². The molecule has 0 spiro atoms. The lowest BCUT2D eigenvalue weighted by atomic mass is 10.3. The molecule has 0 saturated carbocycles. The van der Waals surface area contributed by atoms with E-state index in [-0.39, 0.29) is 10.7 Å². The zero-order chi connectivity index (χ0) is 18.8. The van der Waals surface area contributed by atoms with Crippen LogP contribution in [0.15, 0.2) is 41.3 Å².